The van der Waals surface area contributed by atoms with E-state index in [9.17, 15) is 0 Å². The van der Waals surface area contributed by atoms with Crippen LogP contribution < -0.4 is 5.73 Å². The summed E-state index contributed by atoms with van der Waals surface area (Å²) < 4.78 is 11.7. The van der Waals surface area contributed by atoms with Crippen molar-refractivity contribution in [3.05, 3.63) is 21.9 Å². The molecule has 1 fully saturated rings. The van der Waals surface area contributed by atoms with E-state index in [1.807, 2.05) is 6.07 Å². The summed E-state index contributed by atoms with van der Waals surface area (Å²) in [7, 11) is 0. The molecule has 0 aliphatic carbocycles. The first kappa shape index (κ1) is 14.5. The number of nitrogens with two attached hydrogens (primary N) is 1. The molecule has 3 nitrogen and oxygen atoms in total. The molecule has 0 bridgehead atoms. The van der Waals surface area contributed by atoms with Crippen molar-refractivity contribution in [2.45, 2.75) is 51.6 Å². The summed E-state index contributed by atoms with van der Waals surface area (Å²) in [5.41, 5.74) is 6.45. The van der Waals surface area contributed by atoms with E-state index in [1.54, 1.807) is 11.3 Å². The van der Waals surface area contributed by atoms with Gasteiger partial charge in [0.2, 0.25) is 0 Å². The van der Waals surface area contributed by atoms with E-state index < -0.39 is 0 Å². The summed E-state index contributed by atoms with van der Waals surface area (Å²) in [6, 6.07) is 2.03. The van der Waals surface area contributed by atoms with E-state index >= 15 is 0 Å². The lowest BCUT2D eigenvalue weighted by atomic mass is 10.0. The van der Waals surface area contributed by atoms with E-state index in [-0.39, 0.29) is 18.3 Å². The maximum absolute atomic E-state index is 6.02. The van der Waals surface area contributed by atoms with Crippen molar-refractivity contribution in [1.82, 2.24) is 0 Å². The van der Waals surface area contributed by atoms with Crippen LogP contribution in [0.3, 0.4) is 0 Å². The molecular weight excluding hydrogens is 258 g/mol. The highest BCUT2D eigenvalue weighted by Gasteiger charge is 2.25. The van der Waals surface area contributed by atoms with Gasteiger partial charge in [-0.1, -0.05) is 11.8 Å². The fraction of sp³-hybridized carbons (Fsp3) is 0.600. The van der Waals surface area contributed by atoms with Gasteiger partial charge < -0.3 is 15.2 Å². The molecular formula is C15H21NO2S. The zero-order valence-electron chi connectivity index (χ0n) is 11.5. The van der Waals surface area contributed by atoms with E-state index in [2.05, 4.69) is 31.1 Å². The van der Waals surface area contributed by atoms with Gasteiger partial charge >= 0.3 is 0 Å². The average Bonchev–Trinajstić information content (AvgIpc) is 2.80. The lowest BCUT2D eigenvalue weighted by Gasteiger charge is -2.31. The number of ether oxygens (including phenoxy) is 2. The monoisotopic (exact) mass is 279 g/mol. The van der Waals surface area contributed by atoms with Crippen LogP contribution in [0.5, 0.6) is 0 Å². The van der Waals surface area contributed by atoms with Gasteiger partial charge in [-0.3, -0.25) is 0 Å². The van der Waals surface area contributed by atoms with Crippen molar-refractivity contribution >= 4 is 11.3 Å². The van der Waals surface area contributed by atoms with E-state index in [0.717, 1.165) is 18.4 Å². The number of thiophene rings is 1. The molecule has 104 valence electrons. The van der Waals surface area contributed by atoms with Crippen LogP contribution in [0.1, 0.15) is 37.1 Å². The normalized spacial score (nSPS) is 26.8. The Kier molecular flexibility index (Phi) is 5.41. The molecule has 0 aromatic carbocycles. The maximum Gasteiger partial charge on any atom is 0.0825 e. The molecule has 2 rings (SSSR count). The third kappa shape index (κ3) is 4.32. The minimum Gasteiger partial charge on any atom is -0.375 e. The van der Waals surface area contributed by atoms with Crippen molar-refractivity contribution in [3.63, 3.8) is 0 Å². The van der Waals surface area contributed by atoms with Gasteiger partial charge in [0, 0.05) is 10.4 Å². The lowest BCUT2D eigenvalue weighted by molar-refractivity contribution is -0.105. The van der Waals surface area contributed by atoms with Crippen LogP contribution in [0, 0.1) is 11.8 Å². The molecule has 0 spiro atoms. The van der Waals surface area contributed by atoms with Crippen molar-refractivity contribution < 1.29 is 9.47 Å². The van der Waals surface area contributed by atoms with Crippen LogP contribution in [0.25, 0.3) is 0 Å². The fourth-order valence-electron chi connectivity index (χ4n) is 2.38. The second kappa shape index (κ2) is 7.06. The molecule has 0 amide bonds. The summed E-state index contributed by atoms with van der Waals surface area (Å²) in [5, 5.41) is 2.05. The molecule has 0 radical (unpaired) electrons. The lowest BCUT2D eigenvalue weighted by Crippen LogP contribution is -2.33. The summed E-state index contributed by atoms with van der Waals surface area (Å²) in [6.45, 7) is 5.24. The van der Waals surface area contributed by atoms with Crippen LogP contribution in [-0.2, 0) is 16.1 Å². The summed E-state index contributed by atoms with van der Waals surface area (Å²) in [6.07, 6.45) is 2.80. The Bertz CT molecular complexity index is 450. The molecule has 1 saturated heterocycles. The van der Waals surface area contributed by atoms with Gasteiger partial charge in [-0.25, -0.2) is 0 Å². The molecule has 1 aliphatic heterocycles. The molecule has 2 unspecified atom stereocenters. The first-order chi connectivity index (χ1) is 9.19. The van der Waals surface area contributed by atoms with Crippen molar-refractivity contribution in [2.75, 3.05) is 6.54 Å². The van der Waals surface area contributed by atoms with Crippen LogP contribution in [0.15, 0.2) is 11.4 Å². The van der Waals surface area contributed by atoms with Gasteiger partial charge in [0.25, 0.3) is 0 Å². The van der Waals surface area contributed by atoms with E-state index in [0.29, 0.717) is 13.2 Å². The second-order valence-electron chi connectivity index (χ2n) is 4.93. The molecule has 2 heterocycles. The average molecular weight is 279 g/mol. The SMILES string of the molecule is CC1CC(OCc2sccc2C#CCN)CC(C)O1. The predicted molar refractivity (Wildman–Crippen MR) is 78.1 cm³/mol. The van der Waals surface area contributed by atoms with Crippen molar-refractivity contribution in [3.8, 4) is 11.8 Å². The highest BCUT2D eigenvalue weighted by molar-refractivity contribution is 7.10. The first-order valence-corrected chi connectivity index (χ1v) is 7.59. The largest absolute Gasteiger partial charge is 0.375 e. The van der Waals surface area contributed by atoms with E-state index in [4.69, 9.17) is 15.2 Å². The predicted octanol–water partition coefficient (Wildman–Crippen LogP) is 2.53. The Morgan fingerprint density at radius 1 is 1.42 bits per heavy atom. The number of rotatable bonds is 3. The zero-order valence-corrected chi connectivity index (χ0v) is 12.3. The zero-order chi connectivity index (χ0) is 13.7. The Balaban J connectivity index is 1.90. The topological polar surface area (TPSA) is 44.5 Å². The summed E-state index contributed by atoms with van der Waals surface area (Å²) in [4.78, 5) is 1.19. The molecule has 19 heavy (non-hydrogen) atoms. The minimum atomic E-state index is 0.286. The molecule has 2 N–H and O–H groups in total. The Labute approximate surface area is 119 Å². The van der Waals surface area contributed by atoms with Crippen LogP contribution in [0.4, 0.5) is 0 Å². The van der Waals surface area contributed by atoms with Gasteiger partial charge in [0.05, 0.1) is 31.5 Å². The molecule has 4 heteroatoms. The van der Waals surface area contributed by atoms with Crippen LogP contribution in [-0.4, -0.2) is 24.9 Å². The Hall–Kier alpha value is -0.860. The van der Waals surface area contributed by atoms with Gasteiger partial charge in [-0.2, -0.15) is 0 Å². The quantitative estimate of drug-likeness (QED) is 0.865. The van der Waals surface area contributed by atoms with Crippen LogP contribution in [0.2, 0.25) is 0 Å². The van der Waals surface area contributed by atoms with E-state index in [1.165, 1.54) is 4.88 Å². The molecule has 0 saturated carbocycles. The standard InChI is InChI=1S/C15H21NO2S/c1-11-8-14(9-12(2)18-11)17-10-15-13(4-3-6-16)5-7-19-15/h5,7,11-12,14H,6,8-10,16H2,1-2H3. The maximum atomic E-state index is 6.02. The third-order valence-electron chi connectivity index (χ3n) is 3.17. The highest BCUT2D eigenvalue weighted by atomic mass is 32.1. The van der Waals surface area contributed by atoms with Gasteiger partial charge in [0.1, 0.15) is 0 Å². The summed E-state index contributed by atoms with van der Waals surface area (Å²) >= 11 is 1.69. The molecule has 1 aromatic rings. The fourth-order valence-corrected chi connectivity index (χ4v) is 3.13. The van der Waals surface area contributed by atoms with Crippen molar-refractivity contribution in [2.24, 2.45) is 5.73 Å². The Morgan fingerprint density at radius 3 is 2.84 bits per heavy atom. The van der Waals surface area contributed by atoms with Crippen LogP contribution >= 0.6 is 11.3 Å². The first-order valence-electron chi connectivity index (χ1n) is 6.71. The second-order valence-corrected chi connectivity index (χ2v) is 5.93. The number of hydrogen-bond acceptors (Lipinski definition) is 4. The molecule has 1 aromatic heterocycles. The highest BCUT2D eigenvalue weighted by Crippen LogP contribution is 2.24. The van der Waals surface area contributed by atoms with Gasteiger partial charge in [-0.15, -0.1) is 11.3 Å². The molecule has 1 aliphatic rings. The third-order valence-corrected chi connectivity index (χ3v) is 4.07. The Morgan fingerprint density at radius 2 is 2.16 bits per heavy atom. The number of hydrogen-bond donors (Lipinski definition) is 1. The van der Waals surface area contributed by atoms with Crippen molar-refractivity contribution in [1.29, 1.82) is 0 Å². The van der Waals surface area contributed by atoms with Gasteiger partial charge in [0.15, 0.2) is 0 Å². The summed E-state index contributed by atoms with van der Waals surface area (Å²) in [5.74, 6) is 5.98. The van der Waals surface area contributed by atoms with Gasteiger partial charge in [-0.05, 0) is 38.1 Å². The smallest absolute Gasteiger partial charge is 0.0825 e. The minimum absolute atomic E-state index is 0.286. The molecule has 2 atom stereocenters.